The van der Waals surface area contributed by atoms with Crippen LogP contribution in [-0.4, -0.2) is 22.8 Å². The van der Waals surface area contributed by atoms with Crippen LogP contribution in [0.1, 0.15) is 18.9 Å². The predicted octanol–water partition coefficient (Wildman–Crippen LogP) is 1.86. The SMILES string of the molecule is C[C@@H](CC(=N)C(=O)OCc1ccccc1)C(=O)O. The quantitative estimate of drug-likeness (QED) is 0.595. The van der Waals surface area contributed by atoms with Gasteiger partial charge in [0.05, 0.1) is 5.92 Å². The average molecular weight is 249 g/mol. The maximum atomic E-state index is 11.4. The Bertz CT molecular complexity index is 442. The number of carbonyl (C=O) groups excluding carboxylic acids is 1. The zero-order valence-electron chi connectivity index (χ0n) is 10.1. The topological polar surface area (TPSA) is 87.5 Å². The molecule has 1 aromatic carbocycles. The number of aliphatic carboxylic acids is 1. The van der Waals surface area contributed by atoms with E-state index in [0.29, 0.717) is 0 Å². The van der Waals surface area contributed by atoms with E-state index in [9.17, 15) is 9.59 Å². The summed E-state index contributed by atoms with van der Waals surface area (Å²) in [5.74, 6) is -2.57. The summed E-state index contributed by atoms with van der Waals surface area (Å²) in [6, 6.07) is 9.09. The highest BCUT2D eigenvalue weighted by molar-refractivity contribution is 6.35. The molecule has 0 aliphatic heterocycles. The van der Waals surface area contributed by atoms with Gasteiger partial charge in [-0.25, -0.2) is 4.79 Å². The van der Waals surface area contributed by atoms with Crippen LogP contribution in [0.25, 0.3) is 0 Å². The number of hydrogen-bond donors (Lipinski definition) is 2. The molecule has 1 aromatic rings. The first-order valence-corrected chi connectivity index (χ1v) is 5.52. The Hall–Kier alpha value is -2.17. The summed E-state index contributed by atoms with van der Waals surface area (Å²) in [7, 11) is 0. The number of carboxylic acids is 1. The molecule has 5 nitrogen and oxygen atoms in total. The molecule has 2 N–H and O–H groups in total. The summed E-state index contributed by atoms with van der Waals surface area (Å²) >= 11 is 0. The second-order valence-electron chi connectivity index (χ2n) is 3.98. The minimum Gasteiger partial charge on any atom is -0.481 e. The van der Waals surface area contributed by atoms with Crippen molar-refractivity contribution in [1.82, 2.24) is 0 Å². The van der Waals surface area contributed by atoms with Gasteiger partial charge in [0.2, 0.25) is 0 Å². The molecule has 0 amide bonds. The van der Waals surface area contributed by atoms with Crippen LogP contribution in [0.2, 0.25) is 0 Å². The van der Waals surface area contributed by atoms with Crippen molar-refractivity contribution < 1.29 is 19.4 Å². The molecule has 96 valence electrons. The molecule has 18 heavy (non-hydrogen) atoms. The number of benzene rings is 1. The fourth-order valence-electron chi connectivity index (χ4n) is 1.29. The molecule has 0 bridgehead atoms. The Morgan fingerprint density at radius 1 is 1.33 bits per heavy atom. The van der Waals surface area contributed by atoms with Crippen molar-refractivity contribution in [2.24, 2.45) is 5.92 Å². The molecule has 0 unspecified atom stereocenters. The lowest BCUT2D eigenvalue weighted by Crippen LogP contribution is -2.22. The number of esters is 1. The number of carboxylic acid groups (broad SMARTS) is 1. The van der Waals surface area contributed by atoms with Crippen LogP contribution < -0.4 is 0 Å². The lowest BCUT2D eigenvalue weighted by molar-refractivity contribution is -0.140. The van der Waals surface area contributed by atoms with Crippen molar-refractivity contribution in [3.8, 4) is 0 Å². The molecule has 0 fully saturated rings. The summed E-state index contributed by atoms with van der Waals surface area (Å²) < 4.78 is 4.91. The Labute approximate surface area is 105 Å². The van der Waals surface area contributed by atoms with Crippen molar-refractivity contribution in [2.75, 3.05) is 0 Å². The molecule has 0 aliphatic rings. The molecule has 0 spiro atoms. The fourth-order valence-corrected chi connectivity index (χ4v) is 1.29. The summed E-state index contributed by atoms with van der Waals surface area (Å²) in [5.41, 5.74) is 0.505. The molecular formula is C13H15NO4. The van der Waals surface area contributed by atoms with E-state index in [-0.39, 0.29) is 18.7 Å². The van der Waals surface area contributed by atoms with E-state index in [1.54, 1.807) is 12.1 Å². The van der Waals surface area contributed by atoms with Gasteiger partial charge in [-0.05, 0) is 5.56 Å². The smallest absolute Gasteiger partial charge is 0.352 e. The Kier molecular flexibility index (Phi) is 5.05. The second kappa shape index (κ2) is 6.54. The molecule has 1 rings (SSSR count). The largest absolute Gasteiger partial charge is 0.481 e. The molecule has 1 atom stereocenters. The predicted molar refractivity (Wildman–Crippen MR) is 65.4 cm³/mol. The van der Waals surface area contributed by atoms with Gasteiger partial charge in [-0.3, -0.25) is 10.2 Å². The van der Waals surface area contributed by atoms with Crippen LogP contribution >= 0.6 is 0 Å². The molecule has 5 heteroatoms. The summed E-state index contributed by atoms with van der Waals surface area (Å²) in [6.07, 6.45) is -0.122. The minimum absolute atomic E-state index is 0.0868. The first kappa shape index (κ1) is 13.9. The van der Waals surface area contributed by atoms with E-state index in [2.05, 4.69) is 0 Å². The summed E-state index contributed by atoms with van der Waals surface area (Å²) in [6.45, 7) is 1.53. The van der Waals surface area contributed by atoms with Gasteiger partial charge in [-0.1, -0.05) is 37.3 Å². The van der Waals surface area contributed by atoms with Gasteiger partial charge in [0, 0.05) is 6.42 Å². The van der Waals surface area contributed by atoms with Crippen LogP contribution in [0.5, 0.6) is 0 Å². The number of ether oxygens (including phenoxy) is 1. The van der Waals surface area contributed by atoms with Crippen molar-refractivity contribution >= 4 is 17.7 Å². The first-order chi connectivity index (χ1) is 8.50. The monoisotopic (exact) mass is 249 g/mol. The molecular weight excluding hydrogens is 234 g/mol. The highest BCUT2D eigenvalue weighted by atomic mass is 16.5. The molecule has 0 aromatic heterocycles. The van der Waals surface area contributed by atoms with Crippen molar-refractivity contribution in [3.63, 3.8) is 0 Å². The molecule has 0 radical (unpaired) electrons. The Morgan fingerprint density at radius 2 is 1.94 bits per heavy atom. The van der Waals surface area contributed by atoms with Gasteiger partial charge >= 0.3 is 11.9 Å². The Morgan fingerprint density at radius 3 is 2.50 bits per heavy atom. The standard InChI is InChI=1S/C13H15NO4/c1-9(12(15)16)7-11(14)13(17)18-8-10-5-3-2-4-6-10/h2-6,9,14H,7-8H2,1H3,(H,15,16)/t9-/m0/s1. The Balaban J connectivity index is 2.41. The van der Waals surface area contributed by atoms with Gasteiger partial charge in [-0.15, -0.1) is 0 Å². The number of nitrogens with one attached hydrogen (secondary N) is 1. The second-order valence-corrected chi connectivity index (χ2v) is 3.98. The van der Waals surface area contributed by atoms with E-state index >= 15 is 0 Å². The van der Waals surface area contributed by atoms with Crippen molar-refractivity contribution in [3.05, 3.63) is 35.9 Å². The summed E-state index contributed by atoms with van der Waals surface area (Å²) in [4.78, 5) is 22.0. The average Bonchev–Trinajstić information content (AvgIpc) is 2.36. The highest BCUT2D eigenvalue weighted by Gasteiger charge is 2.19. The van der Waals surface area contributed by atoms with E-state index in [1.807, 2.05) is 18.2 Å². The third-order valence-electron chi connectivity index (χ3n) is 2.39. The lowest BCUT2D eigenvalue weighted by atomic mass is 10.1. The van der Waals surface area contributed by atoms with E-state index in [0.717, 1.165) is 5.56 Å². The molecule has 0 heterocycles. The van der Waals surface area contributed by atoms with Gasteiger partial charge in [0.1, 0.15) is 12.3 Å². The van der Waals surface area contributed by atoms with Crippen LogP contribution in [0.15, 0.2) is 30.3 Å². The zero-order valence-corrected chi connectivity index (χ0v) is 10.1. The van der Waals surface area contributed by atoms with Crippen LogP contribution in [0.3, 0.4) is 0 Å². The van der Waals surface area contributed by atoms with Crippen molar-refractivity contribution in [1.29, 1.82) is 5.41 Å². The van der Waals surface area contributed by atoms with E-state index < -0.39 is 17.9 Å². The maximum absolute atomic E-state index is 11.4. The first-order valence-electron chi connectivity index (χ1n) is 5.52. The van der Waals surface area contributed by atoms with Crippen LogP contribution in [0.4, 0.5) is 0 Å². The normalized spacial score (nSPS) is 11.6. The van der Waals surface area contributed by atoms with E-state index in [1.165, 1.54) is 6.92 Å². The minimum atomic E-state index is -1.03. The molecule has 0 aliphatic carbocycles. The lowest BCUT2D eigenvalue weighted by Gasteiger charge is -2.08. The number of rotatable bonds is 6. The van der Waals surface area contributed by atoms with Gasteiger partial charge < -0.3 is 9.84 Å². The molecule has 0 saturated heterocycles. The number of hydrogen-bond acceptors (Lipinski definition) is 4. The highest BCUT2D eigenvalue weighted by Crippen LogP contribution is 2.06. The zero-order chi connectivity index (χ0) is 13.5. The van der Waals surface area contributed by atoms with Crippen LogP contribution in [0, 0.1) is 11.3 Å². The van der Waals surface area contributed by atoms with Crippen molar-refractivity contribution in [2.45, 2.75) is 20.0 Å². The maximum Gasteiger partial charge on any atom is 0.352 e. The van der Waals surface area contributed by atoms with Gasteiger partial charge in [0.15, 0.2) is 0 Å². The number of carbonyl (C=O) groups is 2. The van der Waals surface area contributed by atoms with Crippen LogP contribution in [-0.2, 0) is 20.9 Å². The third-order valence-corrected chi connectivity index (χ3v) is 2.39. The van der Waals surface area contributed by atoms with Gasteiger partial charge in [0.25, 0.3) is 0 Å². The summed E-state index contributed by atoms with van der Waals surface area (Å²) in [5, 5.41) is 16.1. The van der Waals surface area contributed by atoms with Gasteiger partial charge in [-0.2, -0.15) is 0 Å². The molecule has 0 saturated carbocycles. The fraction of sp³-hybridized carbons (Fsp3) is 0.308. The van der Waals surface area contributed by atoms with E-state index in [4.69, 9.17) is 15.3 Å². The third kappa shape index (κ3) is 4.37.